The first-order valence-electron chi connectivity index (χ1n) is 11.3. The molecule has 7 heteroatoms. The lowest BCUT2D eigenvalue weighted by molar-refractivity contribution is -0.128. The van der Waals surface area contributed by atoms with Crippen LogP contribution in [0.4, 0.5) is 4.39 Å². The van der Waals surface area contributed by atoms with Crippen LogP contribution in [0.3, 0.4) is 0 Å². The number of amides is 1. The second-order valence-electron chi connectivity index (χ2n) is 8.98. The lowest BCUT2D eigenvalue weighted by Gasteiger charge is -2.33. The van der Waals surface area contributed by atoms with Gasteiger partial charge in [-0.3, -0.25) is 10.1 Å². The molecule has 1 fully saturated rings. The van der Waals surface area contributed by atoms with E-state index < -0.39 is 5.54 Å². The first-order chi connectivity index (χ1) is 16.4. The first-order valence-corrected chi connectivity index (χ1v) is 11.3. The van der Waals surface area contributed by atoms with Gasteiger partial charge in [-0.1, -0.05) is 36.4 Å². The fourth-order valence-electron chi connectivity index (χ4n) is 4.77. The van der Waals surface area contributed by atoms with Gasteiger partial charge in [-0.05, 0) is 61.5 Å². The largest absolute Gasteiger partial charge is 0.495 e. The Balaban J connectivity index is 1.67. The number of nitrogens with zero attached hydrogens (tertiary/aromatic N) is 2. The second-order valence-corrected chi connectivity index (χ2v) is 8.98. The van der Waals surface area contributed by atoms with Crippen LogP contribution in [-0.2, 0) is 16.9 Å². The van der Waals surface area contributed by atoms with Crippen LogP contribution in [0.25, 0.3) is 10.8 Å². The molecule has 1 aliphatic heterocycles. The van der Waals surface area contributed by atoms with Crippen LogP contribution in [0, 0.1) is 17.1 Å². The van der Waals surface area contributed by atoms with Crippen molar-refractivity contribution in [2.24, 2.45) is 0 Å². The van der Waals surface area contributed by atoms with Gasteiger partial charge in [0.1, 0.15) is 23.2 Å². The van der Waals surface area contributed by atoms with Gasteiger partial charge in [-0.2, -0.15) is 5.26 Å². The summed E-state index contributed by atoms with van der Waals surface area (Å²) in [6.07, 6.45) is 0.920. The van der Waals surface area contributed by atoms with E-state index in [1.54, 1.807) is 18.2 Å². The lowest BCUT2D eigenvalue weighted by Crippen LogP contribution is -2.56. The zero-order chi connectivity index (χ0) is 24.3. The summed E-state index contributed by atoms with van der Waals surface area (Å²) in [4.78, 5) is 15.9. The highest BCUT2D eigenvalue weighted by molar-refractivity contribution is 5.91. The number of hydrogen-bond acceptors (Lipinski definition) is 5. The van der Waals surface area contributed by atoms with E-state index in [0.717, 1.165) is 35.8 Å². The van der Waals surface area contributed by atoms with E-state index in [4.69, 9.17) is 4.74 Å². The van der Waals surface area contributed by atoms with E-state index in [1.807, 2.05) is 31.2 Å². The van der Waals surface area contributed by atoms with E-state index in [-0.39, 0.29) is 24.3 Å². The van der Waals surface area contributed by atoms with Crippen LogP contribution in [-0.4, -0.2) is 44.1 Å². The van der Waals surface area contributed by atoms with E-state index >= 15 is 0 Å². The van der Waals surface area contributed by atoms with Crippen molar-refractivity contribution >= 4 is 16.7 Å². The number of likely N-dealkylation sites (tertiary alicyclic amines) is 1. The number of methoxy groups -OCH3 is 1. The number of nitrogens with one attached hydrogen (secondary N) is 2. The third-order valence-electron chi connectivity index (χ3n) is 6.61. The molecule has 1 aliphatic rings. The van der Waals surface area contributed by atoms with Gasteiger partial charge in [0.05, 0.1) is 12.7 Å². The Bertz CT molecular complexity index is 1240. The fraction of sp³-hybridized carbons (Fsp3) is 0.333. The second kappa shape index (κ2) is 9.80. The Hall–Kier alpha value is -3.47. The topological polar surface area (TPSA) is 77.4 Å². The van der Waals surface area contributed by atoms with Crippen molar-refractivity contribution in [1.29, 1.82) is 5.26 Å². The van der Waals surface area contributed by atoms with E-state index in [0.29, 0.717) is 16.9 Å². The maximum atomic E-state index is 13.7. The fourth-order valence-corrected chi connectivity index (χ4v) is 4.77. The Morgan fingerprint density at radius 1 is 1.26 bits per heavy atom. The molecule has 1 saturated heterocycles. The predicted octanol–water partition coefficient (Wildman–Crippen LogP) is 3.68. The molecule has 0 radical (unpaired) electrons. The molecule has 0 bridgehead atoms. The molecular formula is C27H29FN4O2. The molecule has 0 aliphatic carbocycles. The quantitative estimate of drug-likeness (QED) is 0.563. The van der Waals surface area contributed by atoms with Crippen LogP contribution < -0.4 is 15.4 Å². The molecule has 4 rings (SSSR count). The Morgan fingerprint density at radius 2 is 2.00 bits per heavy atom. The van der Waals surface area contributed by atoms with Gasteiger partial charge in [0.15, 0.2) is 0 Å². The predicted molar refractivity (Wildman–Crippen MR) is 130 cm³/mol. The highest BCUT2D eigenvalue weighted by Gasteiger charge is 2.38. The van der Waals surface area contributed by atoms with Gasteiger partial charge in [0.25, 0.3) is 0 Å². The Kier molecular flexibility index (Phi) is 6.82. The SMILES string of the molecule is COc1c(C#N)cc2ccccc2c1CNC(=O)C(C)(NC1CCN(C)C1)c1ccc(F)cc1. The lowest BCUT2D eigenvalue weighted by atomic mass is 9.89. The molecule has 0 saturated carbocycles. The van der Waals surface area contributed by atoms with Gasteiger partial charge in [-0.15, -0.1) is 0 Å². The van der Waals surface area contributed by atoms with Crippen molar-refractivity contribution in [2.75, 3.05) is 27.2 Å². The van der Waals surface area contributed by atoms with Crippen LogP contribution in [0.2, 0.25) is 0 Å². The molecule has 2 atom stereocenters. The smallest absolute Gasteiger partial charge is 0.244 e. The molecule has 1 amide bonds. The molecule has 3 aromatic carbocycles. The van der Waals surface area contributed by atoms with Crippen molar-refractivity contribution in [3.05, 3.63) is 77.1 Å². The number of likely N-dealkylation sites (N-methyl/N-ethyl adjacent to an activating group) is 1. The summed E-state index contributed by atoms with van der Waals surface area (Å²) in [6, 6.07) is 17.9. The van der Waals surface area contributed by atoms with Crippen LogP contribution >= 0.6 is 0 Å². The van der Waals surface area contributed by atoms with Crippen molar-refractivity contribution in [1.82, 2.24) is 15.5 Å². The first kappa shape index (κ1) is 23.7. The average molecular weight is 461 g/mol. The van der Waals surface area contributed by atoms with Gasteiger partial charge < -0.3 is 15.0 Å². The molecular weight excluding hydrogens is 431 g/mol. The van der Waals surface area contributed by atoms with Crippen molar-refractivity contribution in [3.8, 4) is 11.8 Å². The summed E-state index contributed by atoms with van der Waals surface area (Å²) in [7, 11) is 3.58. The van der Waals surface area contributed by atoms with Gasteiger partial charge in [-0.25, -0.2) is 4.39 Å². The summed E-state index contributed by atoms with van der Waals surface area (Å²) in [6.45, 7) is 3.78. The van der Waals surface area contributed by atoms with Crippen molar-refractivity contribution < 1.29 is 13.9 Å². The number of benzene rings is 3. The molecule has 0 aromatic heterocycles. The number of ether oxygens (including phenoxy) is 1. The highest BCUT2D eigenvalue weighted by Crippen LogP contribution is 2.32. The van der Waals surface area contributed by atoms with E-state index in [2.05, 4.69) is 28.7 Å². The van der Waals surface area contributed by atoms with Crippen LogP contribution in [0.15, 0.2) is 54.6 Å². The van der Waals surface area contributed by atoms with Crippen molar-refractivity contribution in [3.63, 3.8) is 0 Å². The monoisotopic (exact) mass is 460 g/mol. The standard InChI is InChI=1S/C27H29FN4O2/c1-27(20-8-10-21(28)11-9-20,31-22-12-13-32(2)17-22)26(33)30-16-24-23-7-5-4-6-18(23)14-19(15-29)25(24)34-3/h4-11,14,22,31H,12-13,16-17H2,1-3H3,(H,30,33). The number of fused-ring (bicyclic) bond motifs is 1. The third-order valence-corrected chi connectivity index (χ3v) is 6.61. The summed E-state index contributed by atoms with van der Waals surface area (Å²) in [5.74, 6) is -0.130. The van der Waals surface area contributed by atoms with Crippen LogP contribution in [0.5, 0.6) is 5.75 Å². The normalized spacial score (nSPS) is 17.8. The van der Waals surface area contributed by atoms with Gasteiger partial charge in [0, 0.05) is 24.7 Å². The molecule has 2 N–H and O–H groups in total. The maximum absolute atomic E-state index is 13.7. The zero-order valence-electron chi connectivity index (χ0n) is 19.7. The van der Waals surface area contributed by atoms with Gasteiger partial charge in [0.2, 0.25) is 5.91 Å². The zero-order valence-corrected chi connectivity index (χ0v) is 19.7. The number of carbonyl (C=O) groups is 1. The minimum atomic E-state index is -1.07. The number of hydrogen-bond donors (Lipinski definition) is 2. The minimum Gasteiger partial charge on any atom is -0.495 e. The molecule has 34 heavy (non-hydrogen) atoms. The molecule has 176 valence electrons. The molecule has 6 nitrogen and oxygen atoms in total. The minimum absolute atomic E-state index is 0.128. The van der Waals surface area contributed by atoms with Crippen molar-refractivity contribution in [2.45, 2.75) is 31.5 Å². The average Bonchev–Trinajstić information content (AvgIpc) is 3.25. The van der Waals surface area contributed by atoms with E-state index in [1.165, 1.54) is 19.2 Å². The molecule has 0 spiro atoms. The Labute approximate surface area is 199 Å². The number of nitriles is 1. The molecule has 2 unspecified atom stereocenters. The highest BCUT2D eigenvalue weighted by atomic mass is 19.1. The summed E-state index contributed by atoms with van der Waals surface area (Å²) >= 11 is 0. The van der Waals surface area contributed by atoms with Gasteiger partial charge >= 0.3 is 0 Å². The van der Waals surface area contributed by atoms with Crippen LogP contribution in [0.1, 0.15) is 30.0 Å². The Morgan fingerprint density at radius 3 is 2.65 bits per heavy atom. The van der Waals surface area contributed by atoms with E-state index in [9.17, 15) is 14.4 Å². The summed E-state index contributed by atoms with van der Waals surface area (Å²) in [5, 5.41) is 18.0. The third kappa shape index (κ3) is 4.60. The maximum Gasteiger partial charge on any atom is 0.244 e. The number of carbonyl (C=O) groups excluding carboxylic acids is 1. The molecule has 3 aromatic rings. The number of rotatable bonds is 7. The number of halogens is 1. The molecule has 1 heterocycles. The summed E-state index contributed by atoms with van der Waals surface area (Å²) < 4.78 is 19.2. The summed E-state index contributed by atoms with van der Waals surface area (Å²) in [5.41, 5.74) is 0.773.